The lowest BCUT2D eigenvalue weighted by atomic mass is 9.92. The zero-order valence-electron chi connectivity index (χ0n) is 9.81. The summed E-state index contributed by atoms with van der Waals surface area (Å²) in [4.78, 5) is 4.30. The van der Waals surface area contributed by atoms with Crippen molar-refractivity contribution in [2.24, 2.45) is 11.8 Å². The number of nitrogens with one attached hydrogen (secondary N) is 1. The molecule has 1 fully saturated rings. The van der Waals surface area contributed by atoms with E-state index in [0.717, 1.165) is 24.3 Å². The largest absolute Gasteiger partial charge is 0.378 e. The Morgan fingerprint density at radius 3 is 2.88 bits per heavy atom. The van der Waals surface area contributed by atoms with Crippen LogP contribution in [0.2, 0.25) is 0 Å². The lowest BCUT2D eigenvalue weighted by Crippen LogP contribution is -2.34. The monoisotopic (exact) mass is 221 g/mol. The molecule has 3 N–H and O–H groups in total. The molecule has 1 aromatic rings. The molecule has 1 aliphatic rings. The van der Waals surface area contributed by atoms with Gasteiger partial charge < -0.3 is 4.74 Å². The van der Waals surface area contributed by atoms with E-state index in [0.29, 0.717) is 12.0 Å². The molecule has 2 heterocycles. The normalized spacial score (nSPS) is 26.9. The first kappa shape index (κ1) is 11.5. The van der Waals surface area contributed by atoms with Crippen LogP contribution in [0, 0.1) is 12.8 Å². The van der Waals surface area contributed by atoms with Gasteiger partial charge in [-0.15, -0.1) is 0 Å². The van der Waals surface area contributed by atoms with Crippen molar-refractivity contribution in [1.82, 2.24) is 10.4 Å². The molecule has 88 valence electrons. The number of rotatable bonds is 3. The highest BCUT2D eigenvalue weighted by Gasteiger charge is 2.30. The summed E-state index contributed by atoms with van der Waals surface area (Å²) < 4.78 is 5.58. The highest BCUT2D eigenvalue weighted by atomic mass is 16.5. The molecule has 1 saturated heterocycles. The van der Waals surface area contributed by atoms with Crippen LogP contribution in [0.5, 0.6) is 0 Å². The van der Waals surface area contributed by atoms with E-state index in [1.54, 1.807) is 0 Å². The van der Waals surface area contributed by atoms with E-state index in [-0.39, 0.29) is 6.04 Å². The molecular formula is C12H19N3O. The maximum Gasteiger partial charge on any atom is 0.0551 e. The first-order valence-electron chi connectivity index (χ1n) is 5.71. The van der Waals surface area contributed by atoms with Crippen molar-refractivity contribution in [3.05, 3.63) is 29.6 Å². The van der Waals surface area contributed by atoms with Gasteiger partial charge in [-0.2, -0.15) is 0 Å². The van der Waals surface area contributed by atoms with Gasteiger partial charge in [0.2, 0.25) is 0 Å². The molecule has 3 atom stereocenters. The molecule has 1 aromatic heterocycles. The fourth-order valence-electron chi connectivity index (χ4n) is 2.25. The predicted octanol–water partition coefficient (Wildman–Crippen LogP) is 1.32. The Morgan fingerprint density at radius 2 is 2.38 bits per heavy atom. The topological polar surface area (TPSA) is 60.2 Å². The van der Waals surface area contributed by atoms with E-state index in [1.807, 2.05) is 19.2 Å². The number of nitrogens with zero attached hydrogens (tertiary/aromatic N) is 1. The minimum absolute atomic E-state index is 0.137. The van der Waals surface area contributed by atoms with Crippen LogP contribution in [0.4, 0.5) is 0 Å². The lowest BCUT2D eigenvalue weighted by Gasteiger charge is -2.21. The van der Waals surface area contributed by atoms with E-state index >= 15 is 0 Å². The van der Waals surface area contributed by atoms with Gasteiger partial charge in [0, 0.05) is 17.8 Å². The number of hydrogen-bond donors (Lipinski definition) is 2. The van der Waals surface area contributed by atoms with Crippen LogP contribution in [0.1, 0.15) is 30.6 Å². The lowest BCUT2D eigenvalue weighted by molar-refractivity contribution is 0.117. The maximum atomic E-state index is 5.63. The molecular weight excluding hydrogens is 202 g/mol. The van der Waals surface area contributed by atoms with Crippen molar-refractivity contribution in [3.63, 3.8) is 0 Å². The summed E-state index contributed by atoms with van der Waals surface area (Å²) in [6.07, 6.45) is 3.27. The zero-order chi connectivity index (χ0) is 11.5. The van der Waals surface area contributed by atoms with Gasteiger partial charge in [0.25, 0.3) is 0 Å². The number of aryl methyl sites for hydroxylation is 1. The van der Waals surface area contributed by atoms with Crippen molar-refractivity contribution >= 4 is 0 Å². The van der Waals surface area contributed by atoms with Gasteiger partial charge in [-0.05, 0) is 31.9 Å². The minimum atomic E-state index is 0.137. The molecule has 16 heavy (non-hydrogen) atoms. The summed E-state index contributed by atoms with van der Waals surface area (Å²) in [5.74, 6) is 6.07. The van der Waals surface area contributed by atoms with Gasteiger partial charge in [-0.3, -0.25) is 16.3 Å². The number of nitrogens with two attached hydrogens (primary N) is 1. The summed E-state index contributed by atoms with van der Waals surface area (Å²) >= 11 is 0. The number of hydrazine groups is 1. The van der Waals surface area contributed by atoms with Gasteiger partial charge in [0.15, 0.2) is 0 Å². The van der Waals surface area contributed by atoms with Crippen molar-refractivity contribution in [1.29, 1.82) is 0 Å². The van der Waals surface area contributed by atoms with Crippen molar-refractivity contribution in [2.45, 2.75) is 32.4 Å². The smallest absolute Gasteiger partial charge is 0.0551 e. The van der Waals surface area contributed by atoms with Gasteiger partial charge in [-0.1, -0.05) is 6.07 Å². The Bertz CT molecular complexity index is 339. The molecule has 0 amide bonds. The average Bonchev–Trinajstić information content (AvgIpc) is 2.69. The number of aromatic nitrogens is 1. The van der Waals surface area contributed by atoms with E-state index in [9.17, 15) is 0 Å². The summed E-state index contributed by atoms with van der Waals surface area (Å²) in [6.45, 7) is 4.85. The van der Waals surface area contributed by atoms with E-state index in [1.165, 1.54) is 0 Å². The summed E-state index contributed by atoms with van der Waals surface area (Å²) in [6, 6.07) is 4.23. The fraction of sp³-hybridized carbons (Fsp3) is 0.583. The van der Waals surface area contributed by atoms with Crippen molar-refractivity contribution in [2.75, 3.05) is 6.61 Å². The SMILES string of the molecule is Cc1ccc(C(NN)C2COC(C)C2)cn1. The minimum Gasteiger partial charge on any atom is -0.378 e. The second-order valence-electron chi connectivity index (χ2n) is 4.52. The molecule has 0 aromatic carbocycles. The summed E-state index contributed by atoms with van der Waals surface area (Å²) in [5, 5.41) is 0. The second-order valence-corrected chi connectivity index (χ2v) is 4.52. The Kier molecular flexibility index (Phi) is 3.53. The molecule has 4 nitrogen and oxygen atoms in total. The third-order valence-corrected chi connectivity index (χ3v) is 3.17. The molecule has 2 rings (SSSR count). The molecule has 1 aliphatic heterocycles. The molecule has 0 bridgehead atoms. The van der Waals surface area contributed by atoms with Gasteiger partial charge in [-0.25, -0.2) is 0 Å². The van der Waals surface area contributed by atoms with Gasteiger partial charge >= 0.3 is 0 Å². The molecule has 0 spiro atoms. The van der Waals surface area contributed by atoms with Crippen LogP contribution < -0.4 is 11.3 Å². The number of hydrogen-bond acceptors (Lipinski definition) is 4. The first-order valence-corrected chi connectivity index (χ1v) is 5.71. The van der Waals surface area contributed by atoms with Crippen LogP contribution in [-0.4, -0.2) is 17.7 Å². The van der Waals surface area contributed by atoms with Gasteiger partial charge in [0.05, 0.1) is 18.8 Å². The summed E-state index contributed by atoms with van der Waals surface area (Å²) in [5.41, 5.74) is 5.04. The standard InChI is InChI=1S/C12H19N3O/c1-8-3-4-10(6-14-8)12(15-13)11-5-9(2)16-7-11/h3-4,6,9,11-12,15H,5,7,13H2,1-2H3. The van der Waals surface area contributed by atoms with Crippen molar-refractivity contribution < 1.29 is 4.74 Å². The predicted molar refractivity (Wildman–Crippen MR) is 62.6 cm³/mol. The molecule has 0 saturated carbocycles. The van der Waals surface area contributed by atoms with Crippen LogP contribution in [0.25, 0.3) is 0 Å². The average molecular weight is 221 g/mol. The highest BCUT2D eigenvalue weighted by Crippen LogP contribution is 2.30. The third kappa shape index (κ3) is 2.40. The van der Waals surface area contributed by atoms with Crippen molar-refractivity contribution in [3.8, 4) is 0 Å². The Morgan fingerprint density at radius 1 is 1.56 bits per heavy atom. The van der Waals surface area contributed by atoms with Crippen LogP contribution in [0.15, 0.2) is 18.3 Å². The summed E-state index contributed by atoms with van der Waals surface area (Å²) in [7, 11) is 0. The molecule has 0 aliphatic carbocycles. The van der Waals surface area contributed by atoms with Gasteiger partial charge in [0.1, 0.15) is 0 Å². The Hall–Kier alpha value is -0.970. The zero-order valence-corrected chi connectivity index (χ0v) is 9.81. The maximum absolute atomic E-state index is 5.63. The van der Waals surface area contributed by atoms with E-state index < -0.39 is 0 Å². The Balaban J connectivity index is 2.13. The number of pyridine rings is 1. The third-order valence-electron chi connectivity index (χ3n) is 3.17. The van der Waals surface area contributed by atoms with Crippen LogP contribution in [0.3, 0.4) is 0 Å². The van der Waals surface area contributed by atoms with Crippen LogP contribution >= 0.6 is 0 Å². The Labute approximate surface area is 96.2 Å². The quantitative estimate of drug-likeness (QED) is 0.597. The highest BCUT2D eigenvalue weighted by molar-refractivity contribution is 5.18. The van der Waals surface area contributed by atoms with E-state index in [2.05, 4.69) is 23.4 Å². The van der Waals surface area contributed by atoms with Crippen LogP contribution in [-0.2, 0) is 4.74 Å². The first-order chi connectivity index (χ1) is 7.70. The molecule has 0 radical (unpaired) electrons. The molecule has 3 unspecified atom stereocenters. The molecule has 4 heteroatoms. The second kappa shape index (κ2) is 4.91. The number of ether oxygens (including phenoxy) is 1. The fourth-order valence-corrected chi connectivity index (χ4v) is 2.25. The van der Waals surface area contributed by atoms with E-state index in [4.69, 9.17) is 10.6 Å².